The highest BCUT2D eigenvalue weighted by molar-refractivity contribution is 7.09. The first-order valence-corrected chi connectivity index (χ1v) is 10.6. The highest BCUT2D eigenvalue weighted by Gasteiger charge is 2.37. The Balaban J connectivity index is 1.26. The molecule has 144 valence electrons. The molecule has 0 bridgehead atoms. The van der Waals surface area contributed by atoms with Gasteiger partial charge >= 0.3 is 0 Å². The Morgan fingerprint density at radius 1 is 1.26 bits per heavy atom. The van der Waals surface area contributed by atoms with Crippen molar-refractivity contribution < 1.29 is 9.53 Å². The van der Waals surface area contributed by atoms with E-state index in [-0.39, 0.29) is 5.91 Å². The molecule has 3 heterocycles. The maximum absolute atomic E-state index is 12.6. The number of thiazole rings is 1. The van der Waals surface area contributed by atoms with Gasteiger partial charge in [-0.2, -0.15) is 0 Å². The minimum absolute atomic E-state index is 0.201. The number of piperidine rings is 1. The van der Waals surface area contributed by atoms with Crippen molar-refractivity contribution in [1.29, 1.82) is 0 Å². The third-order valence-corrected chi connectivity index (χ3v) is 6.70. The summed E-state index contributed by atoms with van der Waals surface area (Å²) >= 11 is 1.56. The minimum atomic E-state index is 0.201. The van der Waals surface area contributed by atoms with Crippen LogP contribution in [0.4, 0.5) is 0 Å². The van der Waals surface area contributed by atoms with Crippen LogP contribution in [0.5, 0.6) is 5.75 Å². The molecule has 6 heteroatoms. The molecule has 2 saturated heterocycles. The molecular formula is C21H27N3O2S. The lowest BCUT2D eigenvalue weighted by Gasteiger charge is -2.38. The molecule has 4 rings (SSSR count). The van der Waals surface area contributed by atoms with Gasteiger partial charge in [0, 0.05) is 25.0 Å². The fourth-order valence-electron chi connectivity index (χ4n) is 4.00. The van der Waals surface area contributed by atoms with E-state index in [0.29, 0.717) is 18.4 Å². The predicted molar refractivity (Wildman–Crippen MR) is 107 cm³/mol. The lowest BCUT2D eigenvalue weighted by molar-refractivity contribution is -0.132. The molecule has 0 saturated carbocycles. The van der Waals surface area contributed by atoms with E-state index in [9.17, 15) is 4.79 Å². The standard InChI is InChI=1S/C21H27N3O2S/c1-16-2-4-18(5-3-16)26-13-19-23-17(14-27-19)12-20(25)24-10-7-21(8-11-24)6-9-22-15-21/h2-5,14,22H,6-13,15H2,1H3. The number of carbonyl (C=O) groups excluding carboxylic acids is 1. The number of hydrogen-bond donors (Lipinski definition) is 1. The van der Waals surface area contributed by atoms with Crippen molar-refractivity contribution in [2.24, 2.45) is 5.41 Å². The largest absolute Gasteiger partial charge is 0.486 e. The second-order valence-corrected chi connectivity index (χ2v) is 8.76. The van der Waals surface area contributed by atoms with E-state index >= 15 is 0 Å². The molecule has 1 spiro atoms. The summed E-state index contributed by atoms with van der Waals surface area (Å²) in [7, 11) is 0. The molecule has 1 N–H and O–H groups in total. The number of likely N-dealkylation sites (tertiary alicyclic amines) is 1. The van der Waals surface area contributed by atoms with Gasteiger partial charge in [-0.05, 0) is 50.3 Å². The van der Waals surface area contributed by atoms with Crippen LogP contribution < -0.4 is 10.1 Å². The second kappa shape index (κ2) is 7.98. The molecule has 1 aromatic heterocycles. The number of nitrogens with zero attached hydrogens (tertiary/aromatic N) is 2. The van der Waals surface area contributed by atoms with Gasteiger partial charge in [0.15, 0.2) is 0 Å². The molecule has 0 unspecified atom stereocenters. The van der Waals surface area contributed by atoms with Crippen LogP contribution in [-0.2, 0) is 17.8 Å². The predicted octanol–water partition coefficient (Wildman–Crippen LogP) is 3.18. The third kappa shape index (κ3) is 4.50. The van der Waals surface area contributed by atoms with Crippen LogP contribution in [0.15, 0.2) is 29.6 Å². The summed E-state index contributed by atoms with van der Waals surface area (Å²) in [5, 5.41) is 6.37. The SMILES string of the molecule is Cc1ccc(OCc2nc(CC(=O)N3CCC4(CCNC4)CC3)cs2)cc1. The van der Waals surface area contributed by atoms with Crippen LogP contribution in [0.25, 0.3) is 0 Å². The number of rotatable bonds is 5. The maximum atomic E-state index is 12.6. The highest BCUT2D eigenvalue weighted by Crippen LogP contribution is 2.37. The van der Waals surface area contributed by atoms with E-state index in [1.807, 2.05) is 34.5 Å². The molecule has 2 aliphatic heterocycles. The number of carbonyl (C=O) groups is 1. The van der Waals surface area contributed by atoms with Crippen molar-refractivity contribution in [3.05, 3.63) is 45.9 Å². The average molecular weight is 386 g/mol. The first-order valence-electron chi connectivity index (χ1n) is 9.73. The van der Waals surface area contributed by atoms with Crippen LogP contribution in [0.1, 0.15) is 35.5 Å². The normalized spacial score (nSPS) is 18.8. The van der Waals surface area contributed by atoms with Crippen molar-refractivity contribution in [1.82, 2.24) is 15.2 Å². The Labute approximate surface area is 164 Å². The summed E-state index contributed by atoms with van der Waals surface area (Å²) in [6, 6.07) is 8.00. The van der Waals surface area contributed by atoms with E-state index < -0.39 is 0 Å². The van der Waals surface area contributed by atoms with Crippen LogP contribution in [0.3, 0.4) is 0 Å². The maximum Gasteiger partial charge on any atom is 0.228 e. The molecule has 2 aliphatic rings. The van der Waals surface area contributed by atoms with Crippen molar-refractivity contribution in [3.8, 4) is 5.75 Å². The first kappa shape index (κ1) is 18.4. The Kier molecular flexibility index (Phi) is 5.45. The Bertz CT molecular complexity index is 771. The summed E-state index contributed by atoms with van der Waals surface area (Å²) in [6.07, 6.45) is 3.90. The zero-order valence-corrected chi connectivity index (χ0v) is 16.7. The smallest absolute Gasteiger partial charge is 0.228 e. The van der Waals surface area contributed by atoms with Gasteiger partial charge in [-0.3, -0.25) is 4.79 Å². The molecule has 1 aromatic carbocycles. The van der Waals surface area contributed by atoms with E-state index in [0.717, 1.165) is 55.5 Å². The summed E-state index contributed by atoms with van der Waals surface area (Å²) in [5.74, 6) is 1.05. The Hall–Kier alpha value is -1.92. The molecule has 0 atom stereocenters. The summed E-state index contributed by atoms with van der Waals surface area (Å²) < 4.78 is 5.78. The van der Waals surface area contributed by atoms with Gasteiger partial charge in [0.2, 0.25) is 5.91 Å². The molecule has 1 amide bonds. The monoisotopic (exact) mass is 385 g/mol. The van der Waals surface area contributed by atoms with Crippen molar-refractivity contribution in [2.75, 3.05) is 26.2 Å². The van der Waals surface area contributed by atoms with Crippen LogP contribution in [0, 0.1) is 12.3 Å². The van der Waals surface area contributed by atoms with Crippen LogP contribution >= 0.6 is 11.3 Å². The first-order chi connectivity index (χ1) is 13.1. The number of benzene rings is 1. The number of hydrogen-bond acceptors (Lipinski definition) is 5. The lowest BCUT2D eigenvalue weighted by atomic mass is 9.78. The minimum Gasteiger partial charge on any atom is -0.486 e. The fourth-order valence-corrected chi connectivity index (χ4v) is 4.70. The Morgan fingerprint density at radius 3 is 2.74 bits per heavy atom. The summed E-state index contributed by atoms with van der Waals surface area (Å²) in [5.41, 5.74) is 2.51. The van der Waals surface area contributed by atoms with Crippen molar-refractivity contribution in [3.63, 3.8) is 0 Å². The molecule has 27 heavy (non-hydrogen) atoms. The van der Waals surface area contributed by atoms with E-state index in [2.05, 4.69) is 17.2 Å². The van der Waals surface area contributed by atoms with E-state index in [1.165, 1.54) is 12.0 Å². The topological polar surface area (TPSA) is 54.5 Å². The van der Waals surface area contributed by atoms with Gasteiger partial charge in [0.05, 0.1) is 12.1 Å². The number of nitrogens with one attached hydrogen (secondary N) is 1. The Morgan fingerprint density at radius 2 is 2.04 bits per heavy atom. The van der Waals surface area contributed by atoms with Gasteiger partial charge in [0.25, 0.3) is 0 Å². The van der Waals surface area contributed by atoms with Crippen molar-refractivity contribution in [2.45, 2.75) is 39.2 Å². The number of amides is 1. The zero-order chi connectivity index (χ0) is 18.7. The van der Waals surface area contributed by atoms with Gasteiger partial charge in [-0.1, -0.05) is 17.7 Å². The number of aryl methyl sites for hydroxylation is 1. The summed E-state index contributed by atoms with van der Waals surface area (Å²) in [6.45, 7) is 6.51. The van der Waals surface area contributed by atoms with Crippen LogP contribution in [0.2, 0.25) is 0 Å². The number of ether oxygens (including phenoxy) is 1. The molecule has 2 aromatic rings. The zero-order valence-electron chi connectivity index (χ0n) is 15.9. The van der Waals surface area contributed by atoms with Gasteiger partial charge in [-0.15, -0.1) is 11.3 Å². The molecular weight excluding hydrogens is 358 g/mol. The molecule has 0 aliphatic carbocycles. The van der Waals surface area contributed by atoms with Crippen LogP contribution in [-0.4, -0.2) is 42.0 Å². The van der Waals surface area contributed by atoms with Gasteiger partial charge in [0.1, 0.15) is 17.4 Å². The molecule has 5 nitrogen and oxygen atoms in total. The lowest BCUT2D eigenvalue weighted by Crippen LogP contribution is -2.44. The third-order valence-electron chi connectivity index (χ3n) is 5.82. The van der Waals surface area contributed by atoms with Gasteiger partial charge in [-0.25, -0.2) is 4.98 Å². The quantitative estimate of drug-likeness (QED) is 0.859. The molecule has 2 fully saturated rings. The number of aromatic nitrogens is 1. The van der Waals surface area contributed by atoms with Gasteiger partial charge < -0.3 is 15.0 Å². The highest BCUT2D eigenvalue weighted by atomic mass is 32.1. The molecule has 0 radical (unpaired) electrons. The second-order valence-electron chi connectivity index (χ2n) is 7.82. The van der Waals surface area contributed by atoms with E-state index in [1.54, 1.807) is 11.3 Å². The fraction of sp³-hybridized carbons (Fsp3) is 0.524. The van der Waals surface area contributed by atoms with E-state index in [4.69, 9.17) is 4.74 Å². The average Bonchev–Trinajstić information content (AvgIpc) is 3.32. The summed E-state index contributed by atoms with van der Waals surface area (Å²) in [4.78, 5) is 19.2. The van der Waals surface area contributed by atoms with Crippen molar-refractivity contribution >= 4 is 17.2 Å².